The highest BCUT2D eigenvalue weighted by Gasteiger charge is 2.11. The van der Waals surface area contributed by atoms with Crippen molar-refractivity contribution in [2.45, 2.75) is 19.8 Å². The number of rotatable bonds is 6. The van der Waals surface area contributed by atoms with Crippen molar-refractivity contribution in [2.75, 3.05) is 6.61 Å². The summed E-state index contributed by atoms with van der Waals surface area (Å²) in [5.74, 6) is 0.309. The van der Waals surface area contributed by atoms with E-state index in [1.54, 1.807) is 37.4 Å². The molecule has 1 aromatic heterocycles. The number of hydrogen-bond acceptors (Lipinski definition) is 5. The van der Waals surface area contributed by atoms with E-state index in [9.17, 15) is 4.79 Å². The number of carbonyl (C=O) groups is 1. The molecule has 5 nitrogen and oxygen atoms in total. The molecule has 0 unspecified atom stereocenters. The Balaban J connectivity index is 1.73. The Morgan fingerprint density at radius 2 is 1.93 bits per heavy atom. The highest BCUT2D eigenvalue weighted by molar-refractivity contribution is 6.31. The van der Waals surface area contributed by atoms with Crippen LogP contribution >= 0.6 is 11.6 Å². The predicted octanol–water partition coefficient (Wildman–Crippen LogP) is 4.36. The zero-order valence-corrected chi connectivity index (χ0v) is 16.1. The van der Waals surface area contributed by atoms with Crippen LogP contribution in [0, 0.1) is 11.3 Å². The van der Waals surface area contributed by atoms with Crippen LogP contribution in [0.15, 0.2) is 54.7 Å². The maximum absolute atomic E-state index is 11.8. The van der Waals surface area contributed by atoms with Gasteiger partial charge >= 0.3 is 5.97 Å². The minimum atomic E-state index is -0.386. The number of ether oxygens (including phenoxy) is 1. The van der Waals surface area contributed by atoms with Gasteiger partial charge in [-0.25, -0.2) is 14.8 Å². The highest BCUT2D eigenvalue weighted by atomic mass is 35.5. The van der Waals surface area contributed by atoms with Gasteiger partial charge in [-0.3, -0.25) is 0 Å². The molecular weight excluding hydrogens is 374 g/mol. The summed E-state index contributed by atoms with van der Waals surface area (Å²) in [6.45, 7) is 2.08. The minimum Gasteiger partial charge on any atom is -0.462 e. The van der Waals surface area contributed by atoms with E-state index in [2.05, 4.69) is 16.0 Å². The summed E-state index contributed by atoms with van der Waals surface area (Å²) in [5.41, 5.74) is 3.80. The Bertz CT molecular complexity index is 1030. The Morgan fingerprint density at radius 1 is 1.14 bits per heavy atom. The van der Waals surface area contributed by atoms with Crippen molar-refractivity contribution in [3.63, 3.8) is 0 Å². The summed E-state index contributed by atoms with van der Waals surface area (Å²) in [7, 11) is 0. The van der Waals surface area contributed by atoms with Crippen LogP contribution in [0.25, 0.3) is 0 Å². The molecule has 0 fully saturated rings. The zero-order valence-electron chi connectivity index (χ0n) is 15.4. The largest absolute Gasteiger partial charge is 0.462 e. The zero-order chi connectivity index (χ0) is 19.9. The molecule has 140 valence electrons. The summed E-state index contributed by atoms with van der Waals surface area (Å²) in [5, 5.41) is 9.38. The molecule has 0 saturated carbocycles. The van der Waals surface area contributed by atoms with E-state index in [-0.39, 0.29) is 5.97 Å². The number of nitriles is 1. The van der Waals surface area contributed by atoms with Crippen LogP contribution in [0.2, 0.25) is 5.02 Å². The molecule has 28 heavy (non-hydrogen) atoms. The fraction of sp³-hybridized carbons (Fsp3) is 0.182. The van der Waals surface area contributed by atoms with Gasteiger partial charge in [0.2, 0.25) is 0 Å². The van der Waals surface area contributed by atoms with Crippen molar-refractivity contribution < 1.29 is 9.53 Å². The summed E-state index contributed by atoms with van der Waals surface area (Å²) in [6, 6.07) is 16.5. The number of nitrogens with zero attached hydrogens (tertiary/aromatic N) is 3. The van der Waals surface area contributed by atoms with Crippen LogP contribution in [0.3, 0.4) is 0 Å². The maximum Gasteiger partial charge on any atom is 0.338 e. The smallest absolute Gasteiger partial charge is 0.338 e. The average Bonchev–Trinajstić information content (AvgIpc) is 2.70. The first-order chi connectivity index (χ1) is 13.6. The second-order valence-electron chi connectivity index (χ2n) is 6.15. The van der Waals surface area contributed by atoms with Crippen LogP contribution in [0.5, 0.6) is 0 Å². The number of hydrogen-bond donors (Lipinski definition) is 0. The Morgan fingerprint density at radius 3 is 2.61 bits per heavy atom. The van der Waals surface area contributed by atoms with Crippen LogP contribution in [0.1, 0.15) is 45.5 Å². The van der Waals surface area contributed by atoms with Crippen molar-refractivity contribution in [3.05, 3.63) is 93.5 Å². The topological polar surface area (TPSA) is 75.9 Å². The van der Waals surface area contributed by atoms with Gasteiger partial charge < -0.3 is 4.74 Å². The normalized spacial score (nSPS) is 10.3. The first-order valence-electron chi connectivity index (χ1n) is 8.84. The van der Waals surface area contributed by atoms with Crippen LogP contribution in [-0.2, 0) is 17.6 Å². The average molecular weight is 392 g/mol. The van der Waals surface area contributed by atoms with E-state index >= 15 is 0 Å². The monoisotopic (exact) mass is 391 g/mol. The number of esters is 1. The summed E-state index contributed by atoms with van der Waals surface area (Å²) in [4.78, 5) is 20.7. The molecule has 0 amide bonds. The van der Waals surface area contributed by atoms with Gasteiger partial charge in [-0.2, -0.15) is 5.26 Å². The van der Waals surface area contributed by atoms with Gasteiger partial charge in [0.05, 0.1) is 23.8 Å². The first kappa shape index (κ1) is 19.5. The maximum atomic E-state index is 11.8. The lowest BCUT2D eigenvalue weighted by Gasteiger charge is -2.08. The second-order valence-corrected chi connectivity index (χ2v) is 6.56. The van der Waals surface area contributed by atoms with Gasteiger partial charge in [0.1, 0.15) is 5.82 Å². The van der Waals surface area contributed by atoms with E-state index in [0.29, 0.717) is 41.4 Å². The lowest BCUT2D eigenvalue weighted by atomic mass is 10.1. The second kappa shape index (κ2) is 9.12. The number of benzene rings is 2. The summed E-state index contributed by atoms with van der Waals surface area (Å²) < 4.78 is 4.99. The van der Waals surface area contributed by atoms with Gasteiger partial charge in [-0.05, 0) is 48.4 Å². The van der Waals surface area contributed by atoms with E-state index in [1.165, 1.54) is 0 Å². The Kier molecular flexibility index (Phi) is 6.36. The molecule has 0 spiro atoms. The molecule has 3 aromatic rings. The van der Waals surface area contributed by atoms with Gasteiger partial charge in [0.25, 0.3) is 0 Å². The first-order valence-corrected chi connectivity index (χ1v) is 9.22. The molecule has 0 aliphatic heterocycles. The van der Waals surface area contributed by atoms with E-state index in [0.717, 1.165) is 16.8 Å². The number of carbonyl (C=O) groups excluding carboxylic acids is 1. The van der Waals surface area contributed by atoms with Gasteiger partial charge in [0, 0.05) is 29.8 Å². The molecule has 0 aliphatic carbocycles. The molecule has 1 heterocycles. The molecule has 6 heteroatoms. The standard InChI is InChI=1S/C22H18ClN3O2/c1-2-28-22(27)18-8-7-17(20(23)13-18)12-19-9-10-25-21(26-19)11-15-3-5-16(14-24)6-4-15/h3-10,13H,2,11-12H2,1H3. The molecule has 3 rings (SSSR count). The van der Waals surface area contributed by atoms with Crippen LogP contribution < -0.4 is 0 Å². The third-order valence-corrected chi connectivity index (χ3v) is 4.50. The number of halogens is 1. The molecule has 0 N–H and O–H groups in total. The van der Waals surface area contributed by atoms with Crippen molar-refractivity contribution in [1.29, 1.82) is 5.26 Å². The Labute approximate surface area is 168 Å². The molecule has 0 saturated heterocycles. The third-order valence-electron chi connectivity index (χ3n) is 4.14. The third kappa shape index (κ3) is 4.93. The van der Waals surface area contributed by atoms with Gasteiger partial charge in [-0.15, -0.1) is 0 Å². The summed E-state index contributed by atoms with van der Waals surface area (Å²) in [6.07, 6.45) is 2.84. The molecule has 0 bridgehead atoms. The van der Waals surface area contributed by atoms with Crippen molar-refractivity contribution >= 4 is 17.6 Å². The predicted molar refractivity (Wildman–Crippen MR) is 106 cm³/mol. The lowest BCUT2D eigenvalue weighted by Crippen LogP contribution is -2.05. The van der Waals surface area contributed by atoms with Gasteiger partial charge in [0.15, 0.2) is 0 Å². The van der Waals surface area contributed by atoms with Gasteiger partial charge in [-0.1, -0.05) is 29.8 Å². The molecule has 2 aromatic carbocycles. The lowest BCUT2D eigenvalue weighted by molar-refractivity contribution is 0.0526. The van der Waals surface area contributed by atoms with E-state index < -0.39 is 0 Å². The van der Waals surface area contributed by atoms with Crippen molar-refractivity contribution in [1.82, 2.24) is 9.97 Å². The SMILES string of the molecule is CCOC(=O)c1ccc(Cc2ccnc(Cc3ccc(C#N)cc3)n2)c(Cl)c1. The molecular formula is C22H18ClN3O2. The fourth-order valence-corrected chi connectivity index (χ4v) is 2.98. The van der Waals surface area contributed by atoms with E-state index in [1.807, 2.05) is 24.3 Å². The molecule has 0 radical (unpaired) electrons. The highest BCUT2D eigenvalue weighted by Crippen LogP contribution is 2.21. The van der Waals surface area contributed by atoms with Crippen molar-refractivity contribution in [3.8, 4) is 6.07 Å². The van der Waals surface area contributed by atoms with Crippen LogP contribution in [0.4, 0.5) is 0 Å². The van der Waals surface area contributed by atoms with Crippen molar-refractivity contribution in [2.24, 2.45) is 0 Å². The number of aromatic nitrogens is 2. The summed E-state index contributed by atoms with van der Waals surface area (Å²) >= 11 is 6.34. The minimum absolute atomic E-state index is 0.321. The Hall–Kier alpha value is -3.23. The molecule has 0 atom stereocenters. The molecule has 0 aliphatic rings. The van der Waals surface area contributed by atoms with Crippen LogP contribution in [-0.4, -0.2) is 22.5 Å². The van der Waals surface area contributed by atoms with E-state index in [4.69, 9.17) is 21.6 Å². The quantitative estimate of drug-likeness (QED) is 0.583. The fourth-order valence-electron chi connectivity index (χ4n) is 2.73.